The Hall–Kier alpha value is -2.08. The second-order valence-electron chi connectivity index (χ2n) is 3.94. The second-order valence-corrected chi connectivity index (χ2v) is 3.94. The Morgan fingerprint density at radius 2 is 2.50 bits per heavy atom. The summed E-state index contributed by atoms with van der Waals surface area (Å²) in [5.41, 5.74) is 0. The summed E-state index contributed by atoms with van der Waals surface area (Å²) in [6.45, 7) is 0.355. The topological polar surface area (TPSA) is 80.3 Å². The largest absolute Gasteiger partial charge is 0.481 e. The van der Waals surface area contributed by atoms with E-state index in [-0.39, 0.29) is 12.5 Å². The van der Waals surface area contributed by atoms with E-state index < -0.39 is 5.97 Å². The summed E-state index contributed by atoms with van der Waals surface area (Å²) in [7, 11) is 1.89. The van der Waals surface area contributed by atoms with E-state index >= 15 is 0 Å². The van der Waals surface area contributed by atoms with Gasteiger partial charge in [-0.1, -0.05) is 0 Å². The van der Waals surface area contributed by atoms with Crippen molar-refractivity contribution < 1.29 is 14.3 Å². The van der Waals surface area contributed by atoms with Gasteiger partial charge in [0.25, 0.3) is 0 Å². The molecule has 0 saturated carbocycles. The fraction of sp³-hybridized carbons (Fsp3) is 0.333. The van der Waals surface area contributed by atoms with Gasteiger partial charge in [0.05, 0.1) is 12.7 Å². The van der Waals surface area contributed by atoms with E-state index in [1.54, 1.807) is 18.5 Å². The van der Waals surface area contributed by atoms with E-state index in [1.807, 2.05) is 23.9 Å². The molecule has 1 unspecified atom stereocenters. The van der Waals surface area contributed by atoms with Crippen molar-refractivity contribution in [3.63, 3.8) is 0 Å². The first-order valence-corrected chi connectivity index (χ1v) is 5.64. The van der Waals surface area contributed by atoms with E-state index in [2.05, 4.69) is 10.3 Å². The number of aliphatic carboxylic acids is 1. The molecule has 0 aliphatic carbocycles. The molecule has 0 aromatic carbocycles. The molecule has 6 nitrogen and oxygen atoms in total. The first-order valence-electron chi connectivity index (χ1n) is 5.64. The van der Waals surface area contributed by atoms with Gasteiger partial charge in [-0.05, 0) is 12.1 Å². The summed E-state index contributed by atoms with van der Waals surface area (Å²) in [4.78, 5) is 14.8. The Morgan fingerprint density at radius 3 is 3.06 bits per heavy atom. The molecule has 0 spiro atoms. The van der Waals surface area contributed by atoms with Crippen molar-refractivity contribution in [1.29, 1.82) is 0 Å². The predicted molar refractivity (Wildman–Crippen MR) is 64.0 cm³/mol. The minimum absolute atomic E-state index is 0.0572. The molecule has 0 fully saturated rings. The number of aromatic nitrogens is 2. The Kier molecular flexibility index (Phi) is 3.78. The lowest BCUT2D eigenvalue weighted by atomic mass is 10.2. The van der Waals surface area contributed by atoms with Crippen LogP contribution in [0.1, 0.15) is 24.0 Å². The van der Waals surface area contributed by atoms with Gasteiger partial charge >= 0.3 is 5.97 Å². The van der Waals surface area contributed by atoms with Crippen LogP contribution in [0.2, 0.25) is 0 Å². The minimum atomic E-state index is -0.833. The van der Waals surface area contributed by atoms with Gasteiger partial charge in [0, 0.05) is 26.0 Å². The van der Waals surface area contributed by atoms with E-state index in [1.165, 1.54) is 0 Å². The summed E-state index contributed by atoms with van der Waals surface area (Å²) in [5.74, 6) is 0.672. The van der Waals surface area contributed by atoms with Gasteiger partial charge in [-0.2, -0.15) is 0 Å². The number of carbonyl (C=O) groups is 1. The van der Waals surface area contributed by atoms with Crippen molar-refractivity contribution in [2.75, 3.05) is 6.54 Å². The first kappa shape index (κ1) is 12.4. The average Bonchev–Trinajstić information content (AvgIpc) is 2.96. The van der Waals surface area contributed by atoms with Crippen molar-refractivity contribution in [1.82, 2.24) is 14.9 Å². The molecule has 2 N–H and O–H groups in total. The van der Waals surface area contributed by atoms with Gasteiger partial charge in [0.15, 0.2) is 0 Å². The zero-order chi connectivity index (χ0) is 13.0. The summed E-state index contributed by atoms with van der Waals surface area (Å²) in [5, 5.41) is 11.8. The summed E-state index contributed by atoms with van der Waals surface area (Å²) in [6, 6.07) is 3.40. The average molecular weight is 249 g/mol. The van der Waals surface area contributed by atoms with Crippen molar-refractivity contribution in [2.24, 2.45) is 7.05 Å². The molecular weight excluding hydrogens is 234 g/mol. The predicted octanol–water partition coefficient (Wildman–Crippen LogP) is 1.17. The Morgan fingerprint density at radius 1 is 1.67 bits per heavy atom. The van der Waals surface area contributed by atoms with Gasteiger partial charge in [0.1, 0.15) is 17.6 Å². The van der Waals surface area contributed by atoms with Gasteiger partial charge < -0.3 is 19.4 Å². The van der Waals surface area contributed by atoms with Crippen LogP contribution in [-0.2, 0) is 11.8 Å². The highest BCUT2D eigenvalue weighted by atomic mass is 16.4. The number of imidazole rings is 1. The molecule has 96 valence electrons. The maximum absolute atomic E-state index is 10.5. The van der Waals surface area contributed by atoms with Gasteiger partial charge in [0.2, 0.25) is 0 Å². The van der Waals surface area contributed by atoms with E-state index in [9.17, 15) is 4.79 Å². The lowest BCUT2D eigenvalue weighted by Gasteiger charge is -2.15. The molecule has 2 aromatic heterocycles. The second kappa shape index (κ2) is 5.50. The Balaban J connectivity index is 2.14. The van der Waals surface area contributed by atoms with Crippen molar-refractivity contribution >= 4 is 5.97 Å². The minimum Gasteiger partial charge on any atom is -0.481 e. The molecular formula is C12H15N3O3. The molecule has 0 bridgehead atoms. The van der Waals surface area contributed by atoms with Crippen LogP contribution in [0.25, 0.3) is 0 Å². The SMILES string of the molecule is Cn1ccnc1C(NCCC(=O)O)c1ccco1. The van der Waals surface area contributed by atoms with Gasteiger partial charge in [-0.3, -0.25) is 4.79 Å². The number of furan rings is 1. The third kappa shape index (κ3) is 2.78. The molecule has 0 aliphatic heterocycles. The number of carboxylic acid groups (broad SMARTS) is 1. The molecule has 2 heterocycles. The fourth-order valence-corrected chi connectivity index (χ4v) is 1.75. The lowest BCUT2D eigenvalue weighted by molar-refractivity contribution is -0.136. The van der Waals surface area contributed by atoms with Gasteiger partial charge in [-0.25, -0.2) is 4.98 Å². The van der Waals surface area contributed by atoms with Crippen LogP contribution in [0.4, 0.5) is 0 Å². The highest BCUT2D eigenvalue weighted by Crippen LogP contribution is 2.20. The van der Waals surface area contributed by atoms with Crippen molar-refractivity contribution in [3.05, 3.63) is 42.4 Å². The Bertz CT molecular complexity index is 504. The summed E-state index contributed by atoms with van der Waals surface area (Å²) < 4.78 is 7.24. The summed E-state index contributed by atoms with van der Waals surface area (Å²) in [6.07, 6.45) is 5.18. The smallest absolute Gasteiger partial charge is 0.304 e. The van der Waals surface area contributed by atoms with Crippen LogP contribution < -0.4 is 5.32 Å². The van der Waals surface area contributed by atoms with E-state index in [0.717, 1.165) is 11.6 Å². The van der Waals surface area contributed by atoms with Crippen LogP contribution in [0.15, 0.2) is 35.2 Å². The number of rotatable bonds is 6. The molecule has 2 rings (SSSR count). The van der Waals surface area contributed by atoms with E-state index in [4.69, 9.17) is 9.52 Å². The standard InChI is InChI=1S/C12H15N3O3/c1-15-7-6-14-12(15)11(9-3-2-8-18-9)13-5-4-10(16)17/h2-3,6-8,11,13H,4-5H2,1H3,(H,16,17). The molecule has 2 aromatic rings. The number of carboxylic acids is 1. The molecule has 1 atom stereocenters. The van der Waals surface area contributed by atoms with Gasteiger partial charge in [-0.15, -0.1) is 0 Å². The zero-order valence-electron chi connectivity index (χ0n) is 10.0. The number of nitrogens with zero attached hydrogens (tertiary/aromatic N) is 2. The molecule has 0 saturated heterocycles. The third-order valence-corrected chi connectivity index (χ3v) is 2.63. The van der Waals surface area contributed by atoms with Crippen molar-refractivity contribution in [2.45, 2.75) is 12.5 Å². The maximum atomic E-state index is 10.5. The molecule has 6 heteroatoms. The van der Waals surface area contributed by atoms with Crippen LogP contribution in [0.3, 0.4) is 0 Å². The van der Waals surface area contributed by atoms with Crippen LogP contribution >= 0.6 is 0 Å². The van der Waals surface area contributed by atoms with Crippen molar-refractivity contribution in [3.8, 4) is 0 Å². The molecule has 0 radical (unpaired) electrons. The fourth-order valence-electron chi connectivity index (χ4n) is 1.75. The van der Waals surface area contributed by atoms with Crippen LogP contribution in [0, 0.1) is 0 Å². The number of aryl methyl sites for hydroxylation is 1. The highest BCUT2D eigenvalue weighted by Gasteiger charge is 2.20. The normalized spacial score (nSPS) is 12.5. The highest BCUT2D eigenvalue weighted by molar-refractivity contribution is 5.66. The quantitative estimate of drug-likeness (QED) is 0.803. The number of hydrogen-bond donors (Lipinski definition) is 2. The number of nitrogens with one attached hydrogen (secondary N) is 1. The third-order valence-electron chi connectivity index (χ3n) is 2.63. The van der Waals surface area contributed by atoms with Crippen LogP contribution in [0.5, 0.6) is 0 Å². The number of hydrogen-bond acceptors (Lipinski definition) is 4. The molecule has 0 amide bonds. The molecule has 0 aliphatic rings. The maximum Gasteiger partial charge on any atom is 0.304 e. The monoisotopic (exact) mass is 249 g/mol. The lowest BCUT2D eigenvalue weighted by Crippen LogP contribution is -2.27. The zero-order valence-corrected chi connectivity index (χ0v) is 10.0. The first-order chi connectivity index (χ1) is 8.68. The van der Waals surface area contributed by atoms with E-state index in [0.29, 0.717) is 6.54 Å². The van der Waals surface area contributed by atoms with Crippen LogP contribution in [-0.4, -0.2) is 27.2 Å². The molecule has 18 heavy (non-hydrogen) atoms. The Labute approximate surface area is 104 Å². The summed E-state index contributed by atoms with van der Waals surface area (Å²) >= 11 is 0.